The van der Waals surface area contributed by atoms with Crippen molar-refractivity contribution in [1.29, 1.82) is 0 Å². The molecule has 0 atom stereocenters. The lowest BCUT2D eigenvalue weighted by molar-refractivity contribution is 0.244. The molecule has 1 aliphatic heterocycles. The first-order valence-corrected chi connectivity index (χ1v) is 9.94. The first-order chi connectivity index (χ1) is 13.7. The molecule has 0 radical (unpaired) electrons. The lowest BCUT2D eigenvalue weighted by Crippen LogP contribution is -2.31. The molecule has 2 aromatic heterocycles. The van der Waals surface area contributed by atoms with Crippen LogP contribution in [-0.4, -0.2) is 26.4 Å². The van der Waals surface area contributed by atoms with Crippen LogP contribution >= 0.6 is 11.6 Å². The number of hydrogen-bond acceptors (Lipinski definition) is 3. The number of aromatic amines is 1. The summed E-state index contributed by atoms with van der Waals surface area (Å²) in [5.74, 6) is 0.855. The highest BCUT2D eigenvalue weighted by Crippen LogP contribution is 2.33. The molecule has 2 aromatic carbocycles. The van der Waals surface area contributed by atoms with Crippen molar-refractivity contribution >= 4 is 22.5 Å². The Morgan fingerprint density at radius 2 is 1.93 bits per heavy atom. The number of nitrogens with one attached hydrogen (secondary N) is 1. The average Bonchev–Trinajstić information content (AvgIpc) is 3.07. The van der Waals surface area contributed by atoms with Gasteiger partial charge in [0.2, 0.25) is 0 Å². The molecule has 4 nitrogen and oxygen atoms in total. The smallest absolute Gasteiger partial charge is 0.125 e. The molecule has 0 unspecified atom stereocenters. The summed E-state index contributed by atoms with van der Waals surface area (Å²) in [7, 11) is 0. The Balaban J connectivity index is 1.52. The Kier molecular flexibility index (Phi) is 4.38. The Labute approximate surface area is 169 Å². The summed E-state index contributed by atoms with van der Waals surface area (Å²) in [6, 6.07) is 16.6. The molecular weight excluding hydrogens is 368 g/mol. The number of para-hydroxylation sites is 1. The van der Waals surface area contributed by atoms with Gasteiger partial charge in [-0.05, 0) is 36.2 Å². The van der Waals surface area contributed by atoms with E-state index in [1.165, 1.54) is 33.4 Å². The molecule has 5 heteroatoms. The van der Waals surface area contributed by atoms with Crippen LogP contribution in [0, 0.1) is 6.92 Å². The number of benzene rings is 2. The van der Waals surface area contributed by atoms with Gasteiger partial charge in [-0.25, -0.2) is 9.97 Å². The van der Waals surface area contributed by atoms with Crippen LogP contribution in [0.3, 0.4) is 0 Å². The molecule has 5 rings (SSSR count). The Bertz CT molecular complexity index is 1150. The minimum Gasteiger partial charge on any atom is -0.354 e. The normalized spacial score (nSPS) is 14.4. The maximum Gasteiger partial charge on any atom is 0.125 e. The van der Waals surface area contributed by atoms with Gasteiger partial charge in [-0.2, -0.15) is 0 Å². The van der Waals surface area contributed by atoms with Crippen molar-refractivity contribution in [1.82, 2.24) is 19.9 Å². The van der Waals surface area contributed by atoms with Gasteiger partial charge in [0.05, 0.1) is 5.69 Å². The number of halogens is 1. The molecule has 0 bridgehead atoms. The van der Waals surface area contributed by atoms with E-state index in [0.29, 0.717) is 0 Å². The second-order valence-electron chi connectivity index (χ2n) is 7.38. The molecule has 140 valence electrons. The second-order valence-corrected chi connectivity index (χ2v) is 7.82. The Morgan fingerprint density at radius 3 is 2.79 bits per heavy atom. The van der Waals surface area contributed by atoms with Crippen LogP contribution in [0.2, 0.25) is 5.02 Å². The van der Waals surface area contributed by atoms with E-state index in [1.807, 2.05) is 25.3 Å². The van der Waals surface area contributed by atoms with Crippen molar-refractivity contribution in [2.75, 3.05) is 6.54 Å². The number of aryl methyl sites for hydroxylation is 1. The van der Waals surface area contributed by atoms with Gasteiger partial charge in [0.1, 0.15) is 5.82 Å². The zero-order valence-corrected chi connectivity index (χ0v) is 16.5. The van der Waals surface area contributed by atoms with E-state index in [0.717, 1.165) is 42.5 Å². The minimum absolute atomic E-state index is 0.754. The standard InChI is InChI=1S/C23H21ClN4/c1-15-25-12-17-13-28(11-10-21(17)26-15)14-20-19-4-2-3-5-22(19)27-23(20)16-6-8-18(24)9-7-16/h2-9,12,27H,10-11,13-14H2,1H3. The average molecular weight is 389 g/mol. The summed E-state index contributed by atoms with van der Waals surface area (Å²) < 4.78 is 0. The molecule has 0 saturated heterocycles. The van der Waals surface area contributed by atoms with Gasteiger partial charge in [-0.15, -0.1) is 0 Å². The quantitative estimate of drug-likeness (QED) is 0.528. The molecule has 0 amide bonds. The van der Waals surface area contributed by atoms with Gasteiger partial charge in [0.15, 0.2) is 0 Å². The van der Waals surface area contributed by atoms with Crippen LogP contribution in [0.15, 0.2) is 54.7 Å². The van der Waals surface area contributed by atoms with E-state index in [2.05, 4.69) is 56.3 Å². The molecule has 4 aromatic rings. The topological polar surface area (TPSA) is 44.8 Å². The van der Waals surface area contributed by atoms with Gasteiger partial charge < -0.3 is 4.98 Å². The van der Waals surface area contributed by atoms with Crippen LogP contribution in [0.5, 0.6) is 0 Å². The molecule has 0 saturated carbocycles. The maximum absolute atomic E-state index is 6.10. The van der Waals surface area contributed by atoms with E-state index in [-0.39, 0.29) is 0 Å². The Morgan fingerprint density at radius 1 is 1.11 bits per heavy atom. The monoisotopic (exact) mass is 388 g/mol. The number of nitrogens with zero attached hydrogens (tertiary/aromatic N) is 3. The van der Waals surface area contributed by atoms with Crippen LogP contribution in [0.4, 0.5) is 0 Å². The van der Waals surface area contributed by atoms with Crippen LogP contribution in [-0.2, 0) is 19.5 Å². The fraction of sp³-hybridized carbons (Fsp3) is 0.217. The van der Waals surface area contributed by atoms with E-state index in [1.54, 1.807) is 0 Å². The van der Waals surface area contributed by atoms with Crippen molar-refractivity contribution < 1.29 is 0 Å². The van der Waals surface area contributed by atoms with Gasteiger partial charge in [-0.1, -0.05) is 41.9 Å². The van der Waals surface area contributed by atoms with Crippen LogP contribution < -0.4 is 0 Å². The largest absolute Gasteiger partial charge is 0.354 e. The summed E-state index contributed by atoms with van der Waals surface area (Å²) in [5, 5.41) is 2.03. The summed E-state index contributed by atoms with van der Waals surface area (Å²) in [4.78, 5) is 15.1. The summed E-state index contributed by atoms with van der Waals surface area (Å²) in [6.07, 6.45) is 2.95. The Hall–Kier alpha value is -2.69. The zero-order valence-electron chi connectivity index (χ0n) is 15.7. The van der Waals surface area contributed by atoms with Crippen molar-refractivity contribution in [3.63, 3.8) is 0 Å². The van der Waals surface area contributed by atoms with E-state index < -0.39 is 0 Å². The van der Waals surface area contributed by atoms with Gasteiger partial charge in [-0.3, -0.25) is 4.90 Å². The lowest BCUT2D eigenvalue weighted by atomic mass is 10.0. The van der Waals surface area contributed by atoms with E-state index in [4.69, 9.17) is 11.6 Å². The predicted octanol–water partition coefficient (Wildman–Crippen LogP) is 5.15. The third-order valence-electron chi connectivity index (χ3n) is 5.46. The maximum atomic E-state index is 6.10. The molecule has 3 heterocycles. The van der Waals surface area contributed by atoms with E-state index in [9.17, 15) is 0 Å². The number of hydrogen-bond donors (Lipinski definition) is 1. The lowest BCUT2D eigenvalue weighted by Gasteiger charge is -2.28. The van der Waals surface area contributed by atoms with Crippen molar-refractivity contribution in [3.8, 4) is 11.3 Å². The SMILES string of the molecule is Cc1ncc2c(n1)CCN(Cc1c(-c3ccc(Cl)cc3)[nH]c3ccccc13)C2. The van der Waals surface area contributed by atoms with Crippen molar-refractivity contribution in [2.24, 2.45) is 0 Å². The molecule has 0 spiro atoms. The molecular formula is C23H21ClN4. The number of aromatic nitrogens is 3. The second kappa shape index (κ2) is 7.04. The summed E-state index contributed by atoms with van der Waals surface area (Å²) in [5.41, 5.74) is 7.26. The highest BCUT2D eigenvalue weighted by molar-refractivity contribution is 6.30. The fourth-order valence-corrected chi connectivity index (χ4v) is 4.19. The number of fused-ring (bicyclic) bond motifs is 2. The predicted molar refractivity (Wildman–Crippen MR) is 113 cm³/mol. The summed E-state index contributed by atoms with van der Waals surface area (Å²) >= 11 is 6.10. The molecule has 0 aliphatic carbocycles. The molecule has 1 N–H and O–H groups in total. The van der Waals surface area contributed by atoms with Crippen LogP contribution in [0.1, 0.15) is 22.6 Å². The number of rotatable bonds is 3. The minimum atomic E-state index is 0.754. The summed E-state index contributed by atoms with van der Waals surface area (Å²) in [6.45, 7) is 4.73. The van der Waals surface area contributed by atoms with E-state index >= 15 is 0 Å². The van der Waals surface area contributed by atoms with Crippen LogP contribution in [0.25, 0.3) is 22.2 Å². The number of H-pyrrole nitrogens is 1. The third-order valence-corrected chi connectivity index (χ3v) is 5.71. The highest BCUT2D eigenvalue weighted by atomic mass is 35.5. The van der Waals surface area contributed by atoms with Crippen molar-refractivity contribution in [3.05, 3.63) is 82.4 Å². The van der Waals surface area contributed by atoms with Gasteiger partial charge in [0, 0.05) is 59.4 Å². The molecule has 0 fully saturated rings. The van der Waals surface area contributed by atoms with Gasteiger partial charge in [0.25, 0.3) is 0 Å². The van der Waals surface area contributed by atoms with Gasteiger partial charge >= 0.3 is 0 Å². The molecule has 1 aliphatic rings. The first-order valence-electron chi connectivity index (χ1n) is 9.56. The fourth-order valence-electron chi connectivity index (χ4n) is 4.06. The van der Waals surface area contributed by atoms with Crippen molar-refractivity contribution in [2.45, 2.75) is 26.4 Å². The first kappa shape index (κ1) is 17.4. The third kappa shape index (κ3) is 3.19. The molecule has 28 heavy (non-hydrogen) atoms. The zero-order chi connectivity index (χ0) is 19.1. The highest BCUT2D eigenvalue weighted by Gasteiger charge is 2.21.